The summed E-state index contributed by atoms with van der Waals surface area (Å²) in [5.41, 5.74) is 0. The zero-order chi connectivity index (χ0) is 7.28. The topological polar surface area (TPSA) is 61.9 Å². The molecule has 0 rings (SSSR count). The van der Waals surface area contributed by atoms with Gasteiger partial charge in [-0.3, -0.25) is 0 Å². The van der Waals surface area contributed by atoms with Crippen molar-refractivity contribution in [1.29, 1.82) is 0 Å². The molecule has 0 aliphatic heterocycles. The van der Waals surface area contributed by atoms with Gasteiger partial charge >= 0.3 is 0 Å². The van der Waals surface area contributed by atoms with Gasteiger partial charge in [0.15, 0.2) is 0 Å². The van der Waals surface area contributed by atoms with Crippen LogP contribution in [-0.4, -0.2) is 57.8 Å². The molecule has 0 aliphatic rings. The quantitative estimate of drug-likeness (QED) is 0.275. The summed E-state index contributed by atoms with van der Waals surface area (Å²) in [5, 5.41) is 22.1. The van der Waals surface area contributed by atoms with E-state index in [1.165, 1.54) is 5.01 Å². The van der Waals surface area contributed by atoms with E-state index in [1.807, 2.05) is 0 Å². The molecule has 10 heavy (non-hydrogen) atoms. The fourth-order valence-electron chi connectivity index (χ4n) is 0.522. The summed E-state index contributed by atoms with van der Waals surface area (Å²) in [6.07, 6.45) is 0. The Kier molecular flexibility index (Phi) is 9.00. The van der Waals surface area contributed by atoms with E-state index in [4.69, 9.17) is 5.21 Å². The van der Waals surface area contributed by atoms with Crippen molar-refractivity contribution in [2.24, 2.45) is 5.28 Å². The number of rotatable bonds is 3. The predicted octanol–water partition coefficient (Wildman–Crippen LogP) is 0.214. The predicted molar refractivity (Wildman–Crippen MR) is 36.5 cm³/mol. The van der Waals surface area contributed by atoms with Gasteiger partial charge in [0.05, 0.1) is 18.1 Å². The molecule has 0 aromatic heterocycles. The first-order valence-corrected chi connectivity index (χ1v) is 2.83. The van der Waals surface area contributed by atoms with Crippen LogP contribution >= 0.6 is 0 Å². The molecule has 55 valence electrons. The molecule has 0 heterocycles. The van der Waals surface area contributed by atoms with Crippen LogP contribution in [0.2, 0.25) is 0 Å². The third-order valence-corrected chi connectivity index (χ3v) is 1.05. The Morgan fingerprint density at radius 3 is 2.00 bits per heavy atom. The molecule has 0 aromatic carbocycles. The molecule has 0 saturated heterocycles. The molecule has 0 atom stereocenters. The Morgan fingerprint density at radius 1 is 1.50 bits per heavy atom. The van der Waals surface area contributed by atoms with Gasteiger partial charge in [-0.1, -0.05) is 0 Å². The van der Waals surface area contributed by atoms with Crippen molar-refractivity contribution in [3.8, 4) is 0 Å². The van der Waals surface area contributed by atoms with E-state index in [0.29, 0.717) is 13.1 Å². The standard InChI is InChI=1S/C4H11N3O2.Na/c1-3-6(4-2)7(9)5-8;/h8H,3-4H2,1-2H3;. The number of nitrogens with zero attached hydrogens (tertiary/aromatic N) is 3. The van der Waals surface area contributed by atoms with E-state index in [9.17, 15) is 5.21 Å². The average molecular weight is 156 g/mol. The van der Waals surface area contributed by atoms with Gasteiger partial charge in [-0.25, -0.2) is 0 Å². The second-order valence-corrected chi connectivity index (χ2v) is 1.48. The Bertz CT molecular complexity index is 105. The molecular formula is C4H11N3NaO2. The zero-order valence-corrected chi connectivity index (χ0v) is 8.61. The monoisotopic (exact) mass is 156 g/mol. The second-order valence-electron chi connectivity index (χ2n) is 1.48. The first kappa shape index (κ1) is 12.7. The van der Waals surface area contributed by atoms with Crippen molar-refractivity contribution in [3.05, 3.63) is 5.21 Å². The van der Waals surface area contributed by atoms with Crippen molar-refractivity contribution in [2.45, 2.75) is 13.8 Å². The third-order valence-electron chi connectivity index (χ3n) is 1.05. The van der Waals surface area contributed by atoms with Crippen LogP contribution in [0.25, 0.3) is 0 Å². The van der Waals surface area contributed by atoms with E-state index < -0.39 is 0 Å². The summed E-state index contributed by atoms with van der Waals surface area (Å²) in [4.78, 5) is 0.167. The third kappa shape index (κ3) is 3.92. The molecule has 1 radical (unpaired) electrons. The Balaban J connectivity index is 0. The SMILES string of the molecule is CCN(CC)[N+]([O-])=NO.[Na]. The second kappa shape index (κ2) is 7.11. The zero-order valence-electron chi connectivity index (χ0n) is 6.61. The van der Waals surface area contributed by atoms with Crippen LogP contribution in [0.5, 0.6) is 0 Å². The summed E-state index contributed by atoms with van der Waals surface area (Å²) >= 11 is 0. The molecule has 0 aliphatic carbocycles. The van der Waals surface area contributed by atoms with Crippen LogP contribution in [0.4, 0.5) is 0 Å². The normalized spacial score (nSPS) is 10.4. The maximum Gasteiger partial charge on any atom is 0.230 e. The molecule has 0 unspecified atom stereocenters. The smallest absolute Gasteiger partial charge is 0.230 e. The number of hydrazine groups is 1. The van der Waals surface area contributed by atoms with Crippen molar-refractivity contribution >= 4 is 29.6 Å². The van der Waals surface area contributed by atoms with Crippen LogP contribution < -0.4 is 0 Å². The summed E-state index contributed by atoms with van der Waals surface area (Å²) in [5.74, 6) is 0. The van der Waals surface area contributed by atoms with Gasteiger partial charge in [0.25, 0.3) is 0 Å². The van der Waals surface area contributed by atoms with E-state index in [0.717, 1.165) is 0 Å². The minimum absolute atomic E-state index is 0. The largest absolute Gasteiger partial charge is 0.569 e. The number of hydrogen-bond donors (Lipinski definition) is 1. The van der Waals surface area contributed by atoms with Crippen LogP contribution in [0.3, 0.4) is 0 Å². The Labute approximate surface area is 82.1 Å². The molecule has 0 saturated carbocycles. The molecule has 6 heteroatoms. The van der Waals surface area contributed by atoms with Crippen LogP contribution in [0, 0.1) is 5.21 Å². The van der Waals surface area contributed by atoms with E-state index in [2.05, 4.69) is 5.28 Å². The van der Waals surface area contributed by atoms with Crippen molar-refractivity contribution in [2.75, 3.05) is 13.1 Å². The molecule has 5 nitrogen and oxygen atoms in total. The van der Waals surface area contributed by atoms with E-state index in [1.54, 1.807) is 13.8 Å². The van der Waals surface area contributed by atoms with E-state index >= 15 is 0 Å². The fraction of sp³-hybridized carbons (Fsp3) is 1.00. The maximum absolute atomic E-state index is 10.4. The van der Waals surface area contributed by atoms with Gasteiger partial charge in [0, 0.05) is 29.6 Å². The molecule has 0 fully saturated rings. The van der Waals surface area contributed by atoms with Gasteiger partial charge in [-0.15, -0.1) is 5.01 Å². The van der Waals surface area contributed by atoms with Crippen LogP contribution in [0.15, 0.2) is 5.28 Å². The Morgan fingerprint density at radius 2 is 1.90 bits per heavy atom. The van der Waals surface area contributed by atoms with Gasteiger partial charge in [-0.2, -0.15) is 0 Å². The van der Waals surface area contributed by atoms with Gasteiger partial charge in [0.2, 0.25) is 5.28 Å². The van der Waals surface area contributed by atoms with Gasteiger partial charge in [-0.05, 0) is 13.8 Å². The van der Waals surface area contributed by atoms with Crippen molar-refractivity contribution < 1.29 is 10.2 Å². The number of hydrogen-bond acceptors (Lipinski definition) is 2. The van der Waals surface area contributed by atoms with Crippen LogP contribution in [-0.2, 0) is 0 Å². The van der Waals surface area contributed by atoms with Gasteiger partial charge in [0.1, 0.15) is 0 Å². The summed E-state index contributed by atoms with van der Waals surface area (Å²) < 4.78 is 0. The average Bonchev–Trinajstić information content (AvgIpc) is 1.90. The van der Waals surface area contributed by atoms with Crippen LogP contribution in [0.1, 0.15) is 13.8 Å². The molecule has 0 amide bonds. The van der Waals surface area contributed by atoms with E-state index in [-0.39, 0.29) is 34.5 Å². The molecule has 0 bridgehead atoms. The minimum atomic E-state index is 0. The molecule has 1 N–H and O–H groups in total. The first-order chi connectivity index (χ1) is 4.26. The molecule has 0 spiro atoms. The minimum Gasteiger partial charge on any atom is -0.569 e. The first-order valence-electron chi connectivity index (χ1n) is 2.83. The molecule has 0 aromatic rings. The van der Waals surface area contributed by atoms with Crippen molar-refractivity contribution in [1.82, 2.24) is 5.01 Å². The summed E-state index contributed by atoms with van der Waals surface area (Å²) in [7, 11) is 0. The summed E-state index contributed by atoms with van der Waals surface area (Å²) in [6, 6.07) is 0. The van der Waals surface area contributed by atoms with Gasteiger partial charge < -0.3 is 10.4 Å². The van der Waals surface area contributed by atoms with Crippen molar-refractivity contribution in [3.63, 3.8) is 0 Å². The maximum atomic E-state index is 10.4. The summed E-state index contributed by atoms with van der Waals surface area (Å²) in [6.45, 7) is 4.70. The fourth-order valence-corrected chi connectivity index (χ4v) is 0.522. The molecular weight excluding hydrogens is 145 g/mol. The Hall–Kier alpha value is 0.